The summed E-state index contributed by atoms with van der Waals surface area (Å²) < 4.78 is 0. The lowest BCUT2D eigenvalue weighted by atomic mass is 10.2. The molecule has 8 nitrogen and oxygen atoms in total. The standard InChI is InChI=1S/C25H35N7O/c1-3-5-7-12-16-27-23-20(25(33)28-17-13-8-6-4-2)29-19-21(26)30-22(31-24(19)32-23)18-14-10-9-11-15-18/h9-11,14-15H,3-8,12-13,16-17H2,1-2H3,(H,28,33)(H3,26,27,30,31,32). The molecule has 2 aromatic heterocycles. The Morgan fingerprint density at radius 1 is 0.848 bits per heavy atom. The second-order valence-corrected chi connectivity index (χ2v) is 8.20. The fourth-order valence-electron chi connectivity index (χ4n) is 3.56. The minimum atomic E-state index is -0.261. The molecule has 3 rings (SSSR count). The highest BCUT2D eigenvalue weighted by Crippen LogP contribution is 2.23. The highest BCUT2D eigenvalue weighted by molar-refractivity contribution is 5.99. The summed E-state index contributed by atoms with van der Waals surface area (Å²) in [4.78, 5) is 31.1. The van der Waals surface area contributed by atoms with Crippen LogP contribution in [0.4, 0.5) is 11.6 Å². The Morgan fingerprint density at radius 3 is 2.24 bits per heavy atom. The van der Waals surface area contributed by atoms with Gasteiger partial charge in [0.1, 0.15) is 0 Å². The van der Waals surface area contributed by atoms with Crippen LogP contribution in [-0.4, -0.2) is 38.9 Å². The molecule has 0 atom stereocenters. The summed E-state index contributed by atoms with van der Waals surface area (Å²) in [5, 5.41) is 6.27. The lowest BCUT2D eigenvalue weighted by Gasteiger charge is -2.13. The van der Waals surface area contributed by atoms with E-state index in [4.69, 9.17) is 5.73 Å². The van der Waals surface area contributed by atoms with Crippen LogP contribution in [0.5, 0.6) is 0 Å². The van der Waals surface area contributed by atoms with Crippen molar-refractivity contribution in [3.05, 3.63) is 36.0 Å². The molecule has 4 N–H and O–H groups in total. The number of nitrogens with two attached hydrogens (primary N) is 1. The van der Waals surface area contributed by atoms with Gasteiger partial charge in [0.25, 0.3) is 5.91 Å². The van der Waals surface area contributed by atoms with Crippen LogP contribution in [0.1, 0.15) is 75.7 Å². The lowest BCUT2D eigenvalue weighted by Crippen LogP contribution is -2.27. The van der Waals surface area contributed by atoms with E-state index in [0.717, 1.165) is 44.1 Å². The number of carbonyl (C=O) groups is 1. The third kappa shape index (κ3) is 6.84. The maximum atomic E-state index is 12.9. The van der Waals surface area contributed by atoms with Crippen LogP contribution in [0.15, 0.2) is 30.3 Å². The smallest absolute Gasteiger partial charge is 0.273 e. The number of anilines is 2. The zero-order valence-corrected chi connectivity index (χ0v) is 19.7. The van der Waals surface area contributed by atoms with Crippen molar-refractivity contribution in [2.24, 2.45) is 0 Å². The van der Waals surface area contributed by atoms with Crippen LogP contribution in [0.25, 0.3) is 22.6 Å². The van der Waals surface area contributed by atoms with Gasteiger partial charge in [0, 0.05) is 18.7 Å². The second-order valence-electron chi connectivity index (χ2n) is 8.20. The molecule has 2 heterocycles. The number of fused-ring (bicyclic) bond motifs is 1. The van der Waals surface area contributed by atoms with Gasteiger partial charge in [-0.05, 0) is 12.8 Å². The predicted molar refractivity (Wildman–Crippen MR) is 134 cm³/mol. The quantitative estimate of drug-likeness (QED) is 0.315. The Labute approximate surface area is 195 Å². The molecule has 0 bridgehead atoms. The molecule has 1 aromatic carbocycles. The highest BCUT2D eigenvalue weighted by Gasteiger charge is 2.19. The average Bonchev–Trinajstić information content (AvgIpc) is 2.83. The first-order valence-electron chi connectivity index (χ1n) is 12.1. The average molecular weight is 450 g/mol. The summed E-state index contributed by atoms with van der Waals surface area (Å²) in [5.74, 6) is 0.862. The van der Waals surface area contributed by atoms with E-state index in [0.29, 0.717) is 35.9 Å². The Balaban J connectivity index is 1.88. The number of amides is 1. The fourth-order valence-corrected chi connectivity index (χ4v) is 3.56. The van der Waals surface area contributed by atoms with Gasteiger partial charge in [-0.3, -0.25) is 4.79 Å². The Kier molecular flexibility index (Phi) is 9.35. The highest BCUT2D eigenvalue weighted by atomic mass is 16.1. The predicted octanol–water partition coefficient (Wildman–Crippen LogP) is 4.97. The number of nitrogen functional groups attached to an aromatic ring is 1. The number of carbonyl (C=O) groups excluding carboxylic acids is 1. The van der Waals surface area contributed by atoms with Gasteiger partial charge in [-0.1, -0.05) is 82.7 Å². The van der Waals surface area contributed by atoms with E-state index in [1.165, 1.54) is 12.8 Å². The minimum Gasteiger partial charge on any atom is -0.382 e. The van der Waals surface area contributed by atoms with Crippen LogP contribution in [0.2, 0.25) is 0 Å². The molecule has 0 spiro atoms. The van der Waals surface area contributed by atoms with Gasteiger partial charge in [-0.2, -0.15) is 0 Å². The molecule has 8 heteroatoms. The van der Waals surface area contributed by atoms with Crippen molar-refractivity contribution in [1.82, 2.24) is 25.3 Å². The molecular formula is C25H35N7O. The summed E-state index contributed by atoms with van der Waals surface area (Å²) in [6.07, 6.45) is 8.80. The van der Waals surface area contributed by atoms with Crippen LogP contribution in [-0.2, 0) is 0 Å². The first-order chi connectivity index (χ1) is 16.1. The molecule has 0 unspecified atom stereocenters. The summed E-state index contributed by atoms with van der Waals surface area (Å²) in [6.45, 7) is 5.66. The zero-order valence-electron chi connectivity index (χ0n) is 19.7. The summed E-state index contributed by atoms with van der Waals surface area (Å²) in [5.41, 5.74) is 8.00. The zero-order chi connectivity index (χ0) is 23.5. The van der Waals surface area contributed by atoms with Crippen molar-refractivity contribution < 1.29 is 4.79 Å². The Hall–Kier alpha value is -3.29. The molecular weight excluding hydrogens is 414 g/mol. The molecule has 3 aromatic rings. The monoisotopic (exact) mass is 449 g/mol. The van der Waals surface area contributed by atoms with Crippen LogP contribution < -0.4 is 16.4 Å². The second kappa shape index (κ2) is 12.7. The van der Waals surface area contributed by atoms with Gasteiger partial charge in [0.15, 0.2) is 34.3 Å². The maximum Gasteiger partial charge on any atom is 0.273 e. The first kappa shape index (κ1) is 24.4. The number of aromatic nitrogens is 4. The maximum absolute atomic E-state index is 12.9. The van der Waals surface area contributed by atoms with Gasteiger partial charge in [-0.15, -0.1) is 0 Å². The van der Waals surface area contributed by atoms with Gasteiger partial charge >= 0.3 is 0 Å². The van der Waals surface area contributed by atoms with Crippen LogP contribution in [0.3, 0.4) is 0 Å². The number of hydrogen-bond donors (Lipinski definition) is 3. The molecule has 176 valence electrons. The van der Waals surface area contributed by atoms with Gasteiger partial charge in [-0.25, -0.2) is 19.9 Å². The lowest BCUT2D eigenvalue weighted by molar-refractivity contribution is 0.0949. The molecule has 0 aliphatic heterocycles. The van der Waals surface area contributed by atoms with Gasteiger partial charge in [0.05, 0.1) is 0 Å². The van der Waals surface area contributed by atoms with Crippen molar-refractivity contribution >= 4 is 28.7 Å². The van der Waals surface area contributed by atoms with E-state index in [9.17, 15) is 4.79 Å². The topological polar surface area (TPSA) is 119 Å². The number of hydrogen-bond acceptors (Lipinski definition) is 7. The molecule has 0 radical (unpaired) electrons. The van der Waals surface area contributed by atoms with E-state index in [1.54, 1.807) is 0 Å². The number of nitrogens with zero attached hydrogens (tertiary/aromatic N) is 4. The fraction of sp³-hybridized carbons (Fsp3) is 0.480. The van der Waals surface area contributed by atoms with Crippen molar-refractivity contribution in [2.45, 2.75) is 65.2 Å². The van der Waals surface area contributed by atoms with Gasteiger partial charge in [0.2, 0.25) is 0 Å². The van der Waals surface area contributed by atoms with Crippen molar-refractivity contribution in [3.8, 4) is 11.4 Å². The number of rotatable bonds is 13. The van der Waals surface area contributed by atoms with Crippen molar-refractivity contribution in [2.75, 3.05) is 24.1 Å². The third-order valence-corrected chi connectivity index (χ3v) is 5.44. The van der Waals surface area contributed by atoms with Crippen LogP contribution >= 0.6 is 0 Å². The molecule has 0 aliphatic carbocycles. The Morgan fingerprint density at radius 2 is 1.55 bits per heavy atom. The molecule has 0 fully saturated rings. The molecule has 0 aliphatic rings. The largest absolute Gasteiger partial charge is 0.382 e. The van der Waals surface area contributed by atoms with E-state index < -0.39 is 0 Å². The van der Waals surface area contributed by atoms with E-state index in [1.807, 2.05) is 30.3 Å². The number of unbranched alkanes of at least 4 members (excludes halogenated alkanes) is 6. The number of benzene rings is 1. The molecule has 0 saturated heterocycles. The minimum absolute atomic E-state index is 0.206. The van der Waals surface area contributed by atoms with E-state index in [-0.39, 0.29) is 17.4 Å². The van der Waals surface area contributed by atoms with Crippen molar-refractivity contribution in [1.29, 1.82) is 0 Å². The molecule has 33 heavy (non-hydrogen) atoms. The van der Waals surface area contributed by atoms with Gasteiger partial charge < -0.3 is 16.4 Å². The summed E-state index contributed by atoms with van der Waals surface area (Å²) in [7, 11) is 0. The summed E-state index contributed by atoms with van der Waals surface area (Å²) >= 11 is 0. The first-order valence-corrected chi connectivity index (χ1v) is 12.1. The van der Waals surface area contributed by atoms with E-state index >= 15 is 0 Å². The normalized spacial score (nSPS) is 11.0. The van der Waals surface area contributed by atoms with Crippen LogP contribution in [0, 0.1) is 0 Å². The third-order valence-electron chi connectivity index (χ3n) is 5.44. The molecule has 1 amide bonds. The Bertz CT molecular complexity index is 1040. The van der Waals surface area contributed by atoms with Crippen molar-refractivity contribution in [3.63, 3.8) is 0 Å². The van der Waals surface area contributed by atoms with E-state index in [2.05, 4.69) is 44.4 Å². The number of nitrogens with one attached hydrogen (secondary N) is 2. The molecule has 0 saturated carbocycles. The SMILES string of the molecule is CCCCCCNC(=O)c1nc2c(N)nc(-c3ccccc3)nc2nc1NCCCCCC. The summed E-state index contributed by atoms with van der Waals surface area (Å²) in [6, 6.07) is 9.61.